The monoisotopic (exact) mass is 260 g/mol. The van der Waals surface area contributed by atoms with Gasteiger partial charge in [0.25, 0.3) is 5.91 Å². The zero-order valence-corrected chi connectivity index (χ0v) is 11.5. The summed E-state index contributed by atoms with van der Waals surface area (Å²) in [5.74, 6) is -0.124. The summed E-state index contributed by atoms with van der Waals surface area (Å²) in [5.41, 5.74) is 0.469. The van der Waals surface area contributed by atoms with E-state index in [4.69, 9.17) is 0 Å². The maximum Gasteiger partial charge on any atom is 0.271 e. The first-order valence-corrected chi connectivity index (χ1v) is 5.55. The van der Waals surface area contributed by atoms with Crippen LogP contribution >= 0.6 is 12.4 Å². The molecule has 1 heterocycles. The third-order valence-corrected chi connectivity index (χ3v) is 2.43. The van der Waals surface area contributed by atoms with Crippen molar-refractivity contribution in [2.75, 3.05) is 13.6 Å². The highest BCUT2D eigenvalue weighted by atomic mass is 35.5. The molecule has 0 fully saturated rings. The van der Waals surface area contributed by atoms with Crippen LogP contribution in [0.5, 0.6) is 0 Å². The highest BCUT2D eigenvalue weighted by Crippen LogP contribution is 2.03. The van der Waals surface area contributed by atoms with Crippen molar-refractivity contribution in [1.82, 2.24) is 20.4 Å². The van der Waals surface area contributed by atoms with Crippen LogP contribution in [0.4, 0.5) is 0 Å². The zero-order chi connectivity index (χ0) is 12.1. The summed E-state index contributed by atoms with van der Waals surface area (Å²) < 4.78 is 1.77. The summed E-state index contributed by atoms with van der Waals surface area (Å²) in [6.07, 6.45) is 1.82. The van der Waals surface area contributed by atoms with Crippen molar-refractivity contribution in [2.24, 2.45) is 0 Å². The zero-order valence-electron chi connectivity index (χ0n) is 10.7. The fourth-order valence-corrected chi connectivity index (χ4v) is 1.19. The molecule has 6 heteroatoms. The number of likely N-dealkylation sites (N-methyl/N-ethyl adjacent to an activating group) is 1. The van der Waals surface area contributed by atoms with Gasteiger partial charge in [-0.1, -0.05) is 0 Å². The molecule has 0 aliphatic rings. The van der Waals surface area contributed by atoms with Gasteiger partial charge in [0.2, 0.25) is 0 Å². The van der Waals surface area contributed by atoms with Crippen LogP contribution < -0.4 is 10.6 Å². The molecule has 0 bridgehead atoms. The molecule has 0 saturated heterocycles. The van der Waals surface area contributed by atoms with E-state index in [0.717, 1.165) is 0 Å². The largest absolute Gasteiger partial charge is 0.349 e. The van der Waals surface area contributed by atoms with Crippen LogP contribution in [-0.2, 0) is 0 Å². The Morgan fingerprint density at radius 1 is 1.47 bits per heavy atom. The third-order valence-electron chi connectivity index (χ3n) is 2.43. The molecule has 0 spiro atoms. The average molecular weight is 261 g/mol. The van der Waals surface area contributed by atoms with Crippen LogP contribution in [0.1, 0.15) is 37.3 Å². The lowest BCUT2D eigenvalue weighted by Crippen LogP contribution is -2.37. The smallest absolute Gasteiger partial charge is 0.271 e. The maximum absolute atomic E-state index is 11.7. The van der Waals surface area contributed by atoms with Crippen molar-refractivity contribution in [3.05, 3.63) is 18.0 Å². The number of halogens is 1. The van der Waals surface area contributed by atoms with E-state index in [1.165, 1.54) is 0 Å². The minimum Gasteiger partial charge on any atom is -0.349 e. The van der Waals surface area contributed by atoms with E-state index in [1.54, 1.807) is 10.7 Å². The number of nitrogens with zero attached hydrogens (tertiary/aromatic N) is 2. The number of rotatable bonds is 5. The fraction of sp³-hybridized carbons (Fsp3) is 0.636. The Hall–Kier alpha value is -1.07. The number of carbonyl (C=O) groups excluding carboxylic acids is 1. The molecule has 0 aliphatic carbocycles. The van der Waals surface area contributed by atoms with Gasteiger partial charge >= 0.3 is 0 Å². The standard InChI is InChI=1S/C11H20N4O.ClH/c1-8(2)15-6-5-10(14-15)11(16)13-7-9(3)12-4;/h5-6,8-9,12H,7H2,1-4H3,(H,13,16);1H. The normalized spacial score (nSPS) is 12.1. The summed E-state index contributed by atoms with van der Waals surface area (Å²) in [6.45, 7) is 6.66. The number of nitrogens with one attached hydrogen (secondary N) is 2. The van der Waals surface area contributed by atoms with E-state index >= 15 is 0 Å². The molecule has 1 amide bonds. The van der Waals surface area contributed by atoms with E-state index in [2.05, 4.69) is 15.7 Å². The second-order valence-electron chi connectivity index (χ2n) is 4.17. The molecule has 1 unspecified atom stereocenters. The molecule has 1 rings (SSSR count). The molecule has 5 nitrogen and oxygen atoms in total. The molecule has 1 aromatic rings. The van der Waals surface area contributed by atoms with Crippen LogP contribution in [0.3, 0.4) is 0 Å². The van der Waals surface area contributed by atoms with Gasteiger partial charge < -0.3 is 10.6 Å². The number of amides is 1. The highest BCUT2D eigenvalue weighted by Gasteiger charge is 2.10. The van der Waals surface area contributed by atoms with Crippen LogP contribution in [0.2, 0.25) is 0 Å². The summed E-state index contributed by atoms with van der Waals surface area (Å²) in [4.78, 5) is 11.7. The van der Waals surface area contributed by atoms with Crippen molar-refractivity contribution in [2.45, 2.75) is 32.9 Å². The van der Waals surface area contributed by atoms with Crippen LogP contribution in [0.15, 0.2) is 12.3 Å². The topological polar surface area (TPSA) is 58.9 Å². The second kappa shape index (κ2) is 7.29. The van der Waals surface area contributed by atoms with Crippen LogP contribution in [-0.4, -0.2) is 35.3 Å². The minimum absolute atomic E-state index is 0. The minimum atomic E-state index is -0.124. The molecular weight excluding hydrogens is 240 g/mol. The van der Waals surface area contributed by atoms with Gasteiger partial charge in [0, 0.05) is 24.8 Å². The van der Waals surface area contributed by atoms with Crippen molar-refractivity contribution in [1.29, 1.82) is 0 Å². The first kappa shape index (κ1) is 15.9. The summed E-state index contributed by atoms with van der Waals surface area (Å²) in [5, 5.41) is 10.1. The summed E-state index contributed by atoms with van der Waals surface area (Å²) >= 11 is 0. The van der Waals surface area contributed by atoms with Gasteiger partial charge in [-0.25, -0.2) is 0 Å². The molecule has 2 N–H and O–H groups in total. The van der Waals surface area contributed by atoms with Crippen molar-refractivity contribution < 1.29 is 4.79 Å². The number of hydrogen-bond acceptors (Lipinski definition) is 3. The summed E-state index contributed by atoms with van der Waals surface area (Å²) in [7, 11) is 1.87. The summed E-state index contributed by atoms with van der Waals surface area (Å²) in [6, 6.07) is 2.27. The predicted octanol–water partition coefficient (Wildman–Crippen LogP) is 1.22. The molecular formula is C11H21ClN4O. The Balaban J connectivity index is 0.00000256. The van der Waals surface area contributed by atoms with E-state index in [0.29, 0.717) is 12.2 Å². The molecule has 1 atom stereocenters. The van der Waals surface area contributed by atoms with Gasteiger partial charge in [-0.05, 0) is 33.9 Å². The van der Waals surface area contributed by atoms with Crippen LogP contribution in [0, 0.1) is 0 Å². The van der Waals surface area contributed by atoms with E-state index < -0.39 is 0 Å². The van der Waals surface area contributed by atoms with Crippen molar-refractivity contribution in [3.8, 4) is 0 Å². The average Bonchev–Trinajstić information content (AvgIpc) is 2.74. The molecule has 0 saturated carbocycles. The Bertz CT molecular complexity index is 351. The number of carbonyl (C=O) groups is 1. The van der Waals surface area contributed by atoms with E-state index in [-0.39, 0.29) is 30.4 Å². The van der Waals surface area contributed by atoms with Gasteiger partial charge in [0.1, 0.15) is 5.69 Å². The van der Waals surface area contributed by atoms with E-state index in [9.17, 15) is 4.79 Å². The lowest BCUT2D eigenvalue weighted by Gasteiger charge is -2.10. The number of aromatic nitrogens is 2. The predicted molar refractivity (Wildman–Crippen MR) is 70.7 cm³/mol. The molecule has 0 aromatic carbocycles. The number of hydrogen-bond donors (Lipinski definition) is 2. The molecule has 0 aliphatic heterocycles. The van der Waals surface area contributed by atoms with E-state index in [1.807, 2.05) is 34.0 Å². The quantitative estimate of drug-likeness (QED) is 0.837. The first-order valence-electron chi connectivity index (χ1n) is 5.55. The Labute approximate surface area is 108 Å². The molecule has 1 aromatic heterocycles. The van der Waals surface area contributed by atoms with Gasteiger partial charge in [0.15, 0.2) is 0 Å². The first-order chi connectivity index (χ1) is 7.54. The molecule has 0 radical (unpaired) electrons. The third kappa shape index (κ3) is 4.75. The Morgan fingerprint density at radius 2 is 2.12 bits per heavy atom. The van der Waals surface area contributed by atoms with Gasteiger partial charge in [-0.3, -0.25) is 9.48 Å². The van der Waals surface area contributed by atoms with Gasteiger partial charge in [-0.2, -0.15) is 5.10 Å². The highest BCUT2D eigenvalue weighted by molar-refractivity contribution is 5.92. The van der Waals surface area contributed by atoms with Gasteiger partial charge in [-0.15, -0.1) is 12.4 Å². The van der Waals surface area contributed by atoms with Crippen molar-refractivity contribution in [3.63, 3.8) is 0 Å². The second-order valence-corrected chi connectivity index (χ2v) is 4.17. The van der Waals surface area contributed by atoms with Crippen LogP contribution in [0.25, 0.3) is 0 Å². The fourth-order valence-electron chi connectivity index (χ4n) is 1.19. The molecule has 17 heavy (non-hydrogen) atoms. The van der Waals surface area contributed by atoms with Gasteiger partial charge in [0.05, 0.1) is 0 Å². The van der Waals surface area contributed by atoms with Crippen molar-refractivity contribution >= 4 is 18.3 Å². The lowest BCUT2D eigenvalue weighted by atomic mass is 10.3. The Kier molecular flexibility index (Phi) is 6.83. The lowest BCUT2D eigenvalue weighted by molar-refractivity contribution is 0.0944. The Morgan fingerprint density at radius 3 is 2.59 bits per heavy atom. The SMILES string of the molecule is CNC(C)CNC(=O)c1ccn(C(C)C)n1.Cl. The maximum atomic E-state index is 11.7. The molecule has 98 valence electrons.